The maximum Gasteiger partial charge on any atom is 0.439 e. The van der Waals surface area contributed by atoms with E-state index in [1.165, 1.54) is 0 Å². The first-order valence-corrected chi connectivity index (χ1v) is 4.30. The molecule has 1 unspecified atom stereocenters. The fourth-order valence-electron chi connectivity index (χ4n) is 1.05. The number of carbonyl (C=O) groups is 1. The molecular weight excluding hydrogens is 269 g/mol. The van der Waals surface area contributed by atoms with Crippen molar-refractivity contribution in [1.29, 1.82) is 0 Å². The van der Waals surface area contributed by atoms with E-state index in [-0.39, 0.29) is 4.48 Å². The molecule has 3 nitrogen and oxygen atoms in total. The van der Waals surface area contributed by atoms with Crippen LogP contribution in [0.15, 0.2) is 10.7 Å². The molecule has 7 heteroatoms. The van der Waals surface area contributed by atoms with Gasteiger partial charge in [-0.2, -0.15) is 13.2 Å². The van der Waals surface area contributed by atoms with Crippen molar-refractivity contribution in [2.24, 2.45) is 0 Å². The molecule has 0 aromatic heterocycles. The highest BCUT2D eigenvalue weighted by atomic mass is 79.9. The van der Waals surface area contributed by atoms with Gasteiger partial charge in [-0.3, -0.25) is 0 Å². The summed E-state index contributed by atoms with van der Waals surface area (Å²) in [6.45, 7) is 0. The third kappa shape index (κ3) is 1.60. The summed E-state index contributed by atoms with van der Waals surface area (Å²) in [6, 6.07) is 0. The number of alkyl halides is 3. The van der Waals surface area contributed by atoms with Gasteiger partial charge in [0.1, 0.15) is 0 Å². The molecule has 0 amide bonds. The third-order valence-corrected chi connectivity index (χ3v) is 2.25. The van der Waals surface area contributed by atoms with Crippen LogP contribution in [0.3, 0.4) is 0 Å². The number of ether oxygens (including phenoxy) is 2. The highest BCUT2D eigenvalue weighted by Gasteiger charge is 2.65. The minimum absolute atomic E-state index is 0.167. The molecule has 1 atom stereocenters. The van der Waals surface area contributed by atoms with E-state index in [2.05, 4.69) is 25.4 Å². The van der Waals surface area contributed by atoms with Gasteiger partial charge in [0.05, 0.1) is 13.4 Å². The lowest BCUT2D eigenvalue weighted by atomic mass is 10.0. The van der Waals surface area contributed by atoms with Gasteiger partial charge >= 0.3 is 17.7 Å². The summed E-state index contributed by atoms with van der Waals surface area (Å²) in [4.78, 5) is 11.0. The first-order chi connectivity index (χ1) is 6.33. The largest absolute Gasteiger partial charge is 0.473 e. The molecule has 1 heterocycles. The fourth-order valence-corrected chi connectivity index (χ4v) is 1.54. The summed E-state index contributed by atoms with van der Waals surface area (Å²) >= 11 is 2.83. The Balaban J connectivity index is 3.01. The number of methoxy groups -OCH3 is 1. The molecule has 14 heavy (non-hydrogen) atoms. The second-order valence-electron chi connectivity index (χ2n) is 2.68. The predicted molar refractivity (Wildman–Crippen MR) is 43.5 cm³/mol. The van der Waals surface area contributed by atoms with Crippen molar-refractivity contribution < 1.29 is 27.4 Å². The lowest BCUT2D eigenvalue weighted by molar-refractivity contribution is -0.257. The Labute approximate surface area is 86.0 Å². The van der Waals surface area contributed by atoms with E-state index in [0.717, 1.165) is 13.4 Å². The molecule has 0 radical (unpaired) electrons. The monoisotopic (exact) mass is 274 g/mol. The molecule has 0 aromatic rings. The fraction of sp³-hybridized carbons (Fsp3) is 0.571. The van der Waals surface area contributed by atoms with Crippen LogP contribution in [0.4, 0.5) is 13.2 Å². The Bertz CT molecular complexity index is 286. The lowest BCUT2D eigenvalue weighted by Gasteiger charge is -2.27. The normalized spacial score (nSPS) is 26.8. The van der Waals surface area contributed by atoms with Crippen molar-refractivity contribution >= 4 is 21.9 Å². The molecule has 0 fully saturated rings. The first kappa shape index (κ1) is 11.4. The topological polar surface area (TPSA) is 35.5 Å². The van der Waals surface area contributed by atoms with E-state index in [1.807, 2.05) is 0 Å². The molecular formula is C7H6BrF3O3. The van der Waals surface area contributed by atoms with Gasteiger partial charge in [-0.1, -0.05) is 15.9 Å². The van der Waals surface area contributed by atoms with Gasteiger partial charge in [0.25, 0.3) is 0 Å². The van der Waals surface area contributed by atoms with Gasteiger partial charge < -0.3 is 9.47 Å². The van der Waals surface area contributed by atoms with Gasteiger partial charge in [0.15, 0.2) is 0 Å². The average Bonchev–Trinajstić information content (AvgIpc) is 2.46. The minimum atomic E-state index is -4.80. The van der Waals surface area contributed by atoms with E-state index < -0.39 is 24.2 Å². The van der Waals surface area contributed by atoms with Crippen LogP contribution in [0.2, 0.25) is 0 Å². The Morgan fingerprint density at radius 3 is 2.57 bits per heavy atom. The third-order valence-electron chi connectivity index (χ3n) is 1.78. The van der Waals surface area contributed by atoms with Crippen LogP contribution in [0.1, 0.15) is 6.42 Å². The summed E-state index contributed by atoms with van der Waals surface area (Å²) in [6.07, 6.45) is -4.54. The molecule has 1 aliphatic heterocycles. The summed E-state index contributed by atoms with van der Waals surface area (Å²) < 4.78 is 46.2. The van der Waals surface area contributed by atoms with Crippen molar-refractivity contribution in [3.8, 4) is 0 Å². The van der Waals surface area contributed by atoms with Gasteiger partial charge in [-0.15, -0.1) is 0 Å². The van der Waals surface area contributed by atoms with Gasteiger partial charge in [0, 0.05) is 10.9 Å². The zero-order valence-corrected chi connectivity index (χ0v) is 8.61. The van der Waals surface area contributed by atoms with Gasteiger partial charge in [-0.25, -0.2) is 4.79 Å². The summed E-state index contributed by atoms with van der Waals surface area (Å²) in [5.41, 5.74) is -2.89. The maximum absolute atomic E-state index is 12.5. The molecule has 0 aromatic carbocycles. The predicted octanol–water partition coefficient (Wildman–Crippen LogP) is 2.12. The van der Waals surface area contributed by atoms with E-state index in [9.17, 15) is 18.0 Å². The number of rotatable bonds is 1. The molecule has 0 aliphatic carbocycles. The Morgan fingerprint density at radius 2 is 2.29 bits per heavy atom. The highest BCUT2D eigenvalue weighted by Crippen LogP contribution is 2.44. The molecule has 0 saturated carbocycles. The molecule has 0 saturated heterocycles. The van der Waals surface area contributed by atoms with Crippen LogP contribution in [0.25, 0.3) is 0 Å². The van der Waals surface area contributed by atoms with Crippen LogP contribution >= 0.6 is 15.9 Å². The quantitative estimate of drug-likeness (QED) is 0.687. The molecule has 80 valence electrons. The number of hydrogen-bond donors (Lipinski definition) is 0. The maximum atomic E-state index is 12.5. The van der Waals surface area contributed by atoms with Crippen molar-refractivity contribution in [3.05, 3.63) is 10.7 Å². The van der Waals surface area contributed by atoms with Crippen LogP contribution in [-0.4, -0.2) is 24.9 Å². The van der Waals surface area contributed by atoms with Crippen LogP contribution in [0.5, 0.6) is 0 Å². The van der Waals surface area contributed by atoms with Crippen molar-refractivity contribution in [3.63, 3.8) is 0 Å². The zero-order chi connectivity index (χ0) is 11.0. The molecule has 0 N–H and O–H groups in total. The van der Waals surface area contributed by atoms with Gasteiger partial charge in [0.2, 0.25) is 0 Å². The second kappa shape index (κ2) is 3.45. The van der Waals surface area contributed by atoms with Crippen LogP contribution < -0.4 is 0 Å². The van der Waals surface area contributed by atoms with Crippen molar-refractivity contribution in [2.75, 3.05) is 7.11 Å². The van der Waals surface area contributed by atoms with Crippen LogP contribution in [0, 0.1) is 0 Å². The molecule has 1 aliphatic rings. The number of esters is 1. The van der Waals surface area contributed by atoms with Gasteiger partial charge in [-0.05, 0) is 0 Å². The molecule has 0 spiro atoms. The molecule has 0 bridgehead atoms. The smallest absolute Gasteiger partial charge is 0.439 e. The summed E-state index contributed by atoms with van der Waals surface area (Å²) in [7, 11) is 0.880. The van der Waals surface area contributed by atoms with Crippen molar-refractivity contribution in [1.82, 2.24) is 0 Å². The number of hydrogen-bond acceptors (Lipinski definition) is 3. The first-order valence-electron chi connectivity index (χ1n) is 3.51. The lowest BCUT2D eigenvalue weighted by Crippen LogP contribution is -2.52. The van der Waals surface area contributed by atoms with E-state index in [4.69, 9.17) is 0 Å². The minimum Gasteiger partial charge on any atom is -0.473 e. The Hall–Kier alpha value is -0.720. The van der Waals surface area contributed by atoms with E-state index in [0.29, 0.717) is 0 Å². The zero-order valence-electron chi connectivity index (χ0n) is 7.02. The van der Waals surface area contributed by atoms with E-state index >= 15 is 0 Å². The van der Waals surface area contributed by atoms with Crippen LogP contribution in [-0.2, 0) is 14.3 Å². The highest BCUT2D eigenvalue weighted by molar-refractivity contribution is 9.11. The Morgan fingerprint density at radius 1 is 1.71 bits per heavy atom. The number of halogens is 4. The SMILES string of the molecule is COC(=O)C1(C(F)(F)F)CC(Br)=CO1. The second-order valence-corrected chi connectivity index (χ2v) is 3.69. The number of carbonyl (C=O) groups excluding carboxylic acids is 1. The molecule has 1 rings (SSSR count). The standard InChI is InChI=1S/C7H6BrF3O3/c1-13-5(12)6(7(9,10)11)2-4(8)3-14-6/h3H,2H2,1H3. The summed E-state index contributed by atoms with van der Waals surface area (Å²) in [5.74, 6) is -1.45. The Kier molecular flexibility index (Phi) is 2.80. The van der Waals surface area contributed by atoms with E-state index in [1.54, 1.807) is 0 Å². The summed E-state index contributed by atoms with van der Waals surface area (Å²) in [5, 5.41) is 0. The average molecular weight is 275 g/mol. The van der Waals surface area contributed by atoms with Crippen molar-refractivity contribution in [2.45, 2.75) is 18.2 Å².